The molecule has 0 aliphatic rings. The van der Waals surface area contributed by atoms with Gasteiger partial charge in [0.2, 0.25) is 0 Å². The number of halogens is 2. The van der Waals surface area contributed by atoms with Gasteiger partial charge in [-0.3, -0.25) is 4.98 Å². The van der Waals surface area contributed by atoms with E-state index in [1.54, 1.807) is 18.2 Å². The number of rotatable bonds is 4. The second kappa shape index (κ2) is 6.31. The monoisotopic (exact) mass is 385 g/mol. The Morgan fingerprint density at radius 1 is 1.12 bits per heavy atom. The van der Waals surface area contributed by atoms with Gasteiger partial charge in [-0.2, -0.15) is 13.5 Å². The van der Waals surface area contributed by atoms with E-state index in [1.807, 2.05) is 0 Å². The number of aromatic nitrogens is 1. The lowest BCUT2D eigenvalue weighted by molar-refractivity contribution is 0.553. The van der Waals surface area contributed by atoms with E-state index in [-0.39, 0.29) is 10.5 Å². The average Bonchev–Trinajstić information content (AvgIpc) is 2.89. The number of hydrazone groups is 1. The highest BCUT2D eigenvalue weighted by Gasteiger charge is 2.15. The number of nitrogens with one attached hydrogen (secondary N) is 2. The Morgan fingerprint density at radius 3 is 2.67 bits per heavy atom. The van der Waals surface area contributed by atoms with Crippen LogP contribution in [0, 0.1) is 0 Å². The third kappa shape index (κ3) is 3.45. The Hall–Kier alpha value is -2.29. The van der Waals surface area contributed by atoms with Crippen molar-refractivity contribution < 1.29 is 12.8 Å². The van der Waals surface area contributed by atoms with Crippen LogP contribution in [-0.4, -0.2) is 19.6 Å². The van der Waals surface area contributed by atoms with Gasteiger partial charge in [0, 0.05) is 6.07 Å². The van der Waals surface area contributed by atoms with E-state index in [0.717, 1.165) is 0 Å². The summed E-state index contributed by atoms with van der Waals surface area (Å²) in [7, 11) is -3.91. The molecule has 0 radical (unpaired) electrons. The second-order valence-electron chi connectivity index (χ2n) is 4.70. The summed E-state index contributed by atoms with van der Waals surface area (Å²) >= 11 is 11.7. The molecule has 0 saturated carbocycles. The molecule has 10 heteroatoms. The minimum Gasteiger partial charge on any atom is -0.408 e. The van der Waals surface area contributed by atoms with E-state index < -0.39 is 15.8 Å². The third-order valence-electron chi connectivity index (χ3n) is 3.03. The number of aromatic amines is 1. The average molecular weight is 386 g/mol. The summed E-state index contributed by atoms with van der Waals surface area (Å²) in [4.78, 5) is 15.5. The van der Waals surface area contributed by atoms with Crippen LogP contribution in [0.2, 0.25) is 10.0 Å². The molecule has 3 aromatic rings. The highest BCUT2D eigenvalue weighted by molar-refractivity contribution is 7.89. The number of nitrogens with zero attached hydrogens (tertiary/aromatic N) is 1. The lowest BCUT2D eigenvalue weighted by Crippen LogP contribution is -2.18. The summed E-state index contributed by atoms with van der Waals surface area (Å²) in [5.41, 5.74) is 1.11. The van der Waals surface area contributed by atoms with Crippen LogP contribution in [-0.2, 0) is 10.0 Å². The van der Waals surface area contributed by atoms with E-state index in [4.69, 9.17) is 27.6 Å². The van der Waals surface area contributed by atoms with Crippen molar-refractivity contribution in [3.05, 3.63) is 62.6 Å². The standard InChI is InChI=1S/C14H9Cl2N3O4S/c15-10-3-1-8(5-11(10)16)7-17-19-24(21,22)9-2-4-12-13(6-9)23-14(20)18-12/h1-7,19H,(H,18,20)/b17-7+. The van der Waals surface area contributed by atoms with Crippen LogP contribution in [0.3, 0.4) is 0 Å². The number of hydrogen-bond acceptors (Lipinski definition) is 5. The number of fused-ring (bicyclic) bond motifs is 1. The van der Waals surface area contributed by atoms with Gasteiger partial charge in [-0.05, 0) is 29.8 Å². The van der Waals surface area contributed by atoms with Gasteiger partial charge in [0.15, 0.2) is 5.58 Å². The highest BCUT2D eigenvalue weighted by Crippen LogP contribution is 2.22. The van der Waals surface area contributed by atoms with Gasteiger partial charge >= 0.3 is 5.76 Å². The van der Waals surface area contributed by atoms with Crippen LogP contribution < -0.4 is 10.6 Å². The summed E-state index contributed by atoms with van der Waals surface area (Å²) < 4.78 is 29.2. The van der Waals surface area contributed by atoms with Gasteiger partial charge in [0.25, 0.3) is 10.0 Å². The van der Waals surface area contributed by atoms with Crippen LogP contribution in [0.1, 0.15) is 5.56 Å². The van der Waals surface area contributed by atoms with Crippen molar-refractivity contribution in [2.24, 2.45) is 5.10 Å². The Labute approximate surface area is 145 Å². The molecule has 0 bridgehead atoms. The molecular formula is C14H9Cl2N3O4S. The molecule has 0 fully saturated rings. The molecule has 7 nitrogen and oxygen atoms in total. The molecule has 0 aliphatic heterocycles. The first-order valence-corrected chi connectivity index (χ1v) is 8.72. The normalized spacial score (nSPS) is 12.1. The fourth-order valence-corrected chi connectivity index (χ4v) is 3.02. The fourth-order valence-electron chi connectivity index (χ4n) is 1.91. The summed E-state index contributed by atoms with van der Waals surface area (Å²) in [6.07, 6.45) is 1.29. The first kappa shape index (κ1) is 16.6. The van der Waals surface area contributed by atoms with Gasteiger partial charge in [0.05, 0.1) is 26.7 Å². The van der Waals surface area contributed by atoms with Crippen molar-refractivity contribution in [3.8, 4) is 0 Å². The first-order valence-electron chi connectivity index (χ1n) is 6.48. The van der Waals surface area contributed by atoms with Crippen LogP contribution >= 0.6 is 23.2 Å². The summed E-state index contributed by atoms with van der Waals surface area (Å²) in [6, 6.07) is 8.73. The molecular weight excluding hydrogens is 377 g/mol. The minimum atomic E-state index is -3.91. The van der Waals surface area contributed by atoms with Gasteiger partial charge < -0.3 is 4.42 Å². The SMILES string of the molecule is O=c1[nH]c2ccc(S(=O)(=O)N/N=C/c3ccc(Cl)c(Cl)c3)cc2o1. The topological polar surface area (TPSA) is 105 Å². The quantitative estimate of drug-likeness (QED) is 0.531. The third-order valence-corrected chi connectivity index (χ3v) is 4.99. The van der Waals surface area contributed by atoms with Crippen molar-refractivity contribution in [1.82, 2.24) is 9.82 Å². The minimum absolute atomic E-state index is 0.0935. The number of sulfonamides is 1. The van der Waals surface area contributed by atoms with E-state index in [1.165, 1.54) is 24.4 Å². The first-order chi connectivity index (χ1) is 11.3. The number of oxazole rings is 1. The molecule has 2 aromatic carbocycles. The highest BCUT2D eigenvalue weighted by atomic mass is 35.5. The number of benzene rings is 2. The second-order valence-corrected chi connectivity index (χ2v) is 7.17. The Bertz CT molecular complexity index is 1100. The zero-order valence-electron chi connectivity index (χ0n) is 11.8. The van der Waals surface area contributed by atoms with Crippen molar-refractivity contribution >= 4 is 50.5 Å². The Morgan fingerprint density at radius 2 is 1.92 bits per heavy atom. The summed E-state index contributed by atoms with van der Waals surface area (Å²) in [6.45, 7) is 0. The van der Waals surface area contributed by atoms with Crippen molar-refractivity contribution in [3.63, 3.8) is 0 Å². The van der Waals surface area contributed by atoms with Crippen LogP contribution in [0.4, 0.5) is 0 Å². The van der Waals surface area contributed by atoms with Gasteiger partial charge in [-0.25, -0.2) is 9.63 Å². The zero-order chi connectivity index (χ0) is 17.3. The molecule has 1 heterocycles. The van der Waals surface area contributed by atoms with E-state index in [0.29, 0.717) is 21.1 Å². The lowest BCUT2D eigenvalue weighted by Gasteiger charge is -2.03. The van der Waals surface area contributed by atoms with Gasteiger partial charge in [0.1, 0.15) is 0 Å². The maximum Gasteiger partial charge on any atom is 0.417 e. The van der Waals surface area contributed by atoms with Gasteiger partial charge in [-0.15, -0.1) is 0 Å². The molecule has 1 aromatic heterocycles. The van der Waals surface area contributed by atoms with Crippen LogP contribution in [0.5, 0.6) is 0 Å². The molecule has 0 aliphatic carbocycles. The predicted octanol–water partition coefficient (Wildman–Crippen LogP) is 2.74. The van der Waals surface area contributed by atoms with Crippen LogP contribution in [0.25, 0.3) is 11.1 Å². The predicted molar refractivity (Wildman–Crippen MR) is 91.2 cm³/mol. The van der Waals surface area contributed by atoms with Gasteiger partial charge in [-0.1, -0.05) is 29.3 Å². The summed E-state index contributed by atoms with van der Waals surface area (Å²) in [5, 5.41) is 4.40. The molecule has 0 saturated heterocycles. The Kier molecular flexibility index (Phi) is 4.35. The number of H-pyrrole nitrogens is 1. The Balaban J connectivity index is 1.82. The van der Waals surface area contributed by atoms with E-state index >= 15 is 0 Å². The summed E-state index contributed by atoms with van der Waals surface area (Å²) in [5.74, 6) is -0.662. The largest absolute Gasteiger partial charge is 0.417 e. The van der Waals surface area contributed by atoms with Crippen molar-refractivity contribution in [2.45, 2.75) is 4.90 Å². The lowest BCUT2D eigenvalue weighted by atomic mass is 10.2. The zero-order valence-corrected chi connectivity index (χ0v) is 14.1. The molecule has 24 heavy (non-hydrogen) atoms. The molecule has 0 unspecified atom stereocenters. The molecule has 2 N–H and O–H groups in total. The van der Waals surface area contributed by atoms with Crippen molar-refractivity contribution in [2.75, 3.05) is 0 Å². The molecule has 0 spiro atoms. The smallest absolute Gasteiger partial charge is 0.408 e. The fraction of sp³-hybridized carbons (Fsp3) is 0. The van der Waals surface area contributed by atoms with Crippen LogP contribution in [0.15, 0.2) is 55.6 Å². The van der Waals surface area contributed by atoms with E-state index in [2.05, 4.69) is 14.9 Å². The molecule has 0 amide bonds. The number of hydrogen-bond donors (Lipinski definition) is 2. The maximum absolute atomic E-state index is 12.2. The molecule has 3 rings (SSSR count). The molecule has 124 valence electrons. The van der Waals surface area contributed by atoms with E-state index in [9.17, 15) is 13.2 Å². The molecule has 0 atom stereocenters. The van der Waals surface area contributed by atoms with Crippen molar-refractivity contribution in [1.29, 1.82) is 0 Å². The maximum atomic E-state index is 12.2.